The fourth-order valence-electron chi connectivity index (χ4n) is 2.25. The number of benzene rings is 1. The second-order valence-electron chi connectivity index (χ2n) is 4.75. The van der Waals surface area contributed by atoms with Gasteiger partial charge < -0.3 is 4.74 Å². The van der Waals surface area contributed by atoms with Crippen molar-refractivity contribution in [2.24, 2.45) is 5.92 Å². The summed E-state index contributed by atoms with van der Waals surface area (Å²) in [5.74, 6) is 0.0673. The topological polar surface area (TPSA) is 26.3 Å². The number of halogens is 1. The zero-order valence-electron chi connectivity index (χ0n) is 10.4. The molecule has 2 nitrogen and oxygen atoms in total. The first-order valence-electron chi connectivity index (χ1n) is 5.93. The fraction of sp³-hybridized carbons (Fsp3) is 0.500. The van der Waals surface area contributed by atoms with Crippen molar-refractivity contribution < 1.29 is 9.53 Å². The molecular formula is C14H17ClO2. The van der Waals surface area contributed by atoms with Crippen LogP contribution in [0.4, 0.5) is 0 Å². The average Bonchev–Trinajstić information content (AvgIpc) is 2.69. The lowest BCUT2D eigenvalue weighted by molar-refractivity contribution is 0.0764. The van der Waals surface area contributed by atoms with E-state index in [1.807, 2.05) is 32.9 Å². The Morgan fingerprint density at radius 2 is 2.00 bits per heavy atom. The highest BCUT2D eigenvalue weighted by Crippen LogP contribution is 2.29. The molecule has 0 aliphatic carbocycles. The van der Waals surface area contributed by atoms with Crippen LogP contribution < -0.4 is 0 Å². The highest BCUT2D eigenvalue weighted by molar-refractivity contribution is 6.34. The normalized spacial score (nSPS) is 24.0. The minimum Gasteiger partial charge on any atom is -0.378 e. The van der Waals surface area contributed by atoms with Gasteiger partial charge in [0, 0.05) is 12.2 Å². The Morgan fingerprint density at radius 3 is 2.59 bits per heavy atom. The van der Waals surface area contributed by atoms with Crippen LogP contribution in [-0.4, -0.2) is 18.5 Å². The first kappa shape index (κ1) is 12.6. The summed E-state index contributed by atoms with van der Waals surface area (Å²) in [6.07, 6.45) is 0.795. The van der Waals surface area contributed by atoms with Gasteiger partial charge in [-0.2, -0.15) is 0 Å². The summed E-state index contributed by atoms with van der Waals surface area (Å²) in [6, 6.07) is 3.76. The maximum atomic E-state index is 12.4. The quantitative estimate of drug-likeness (QED) is 0.753. The van der Waals surface area contributed by atoms with Gasteiger partial charge in [-0.25, -0.2) is 0 Å². The van der Waals surface area contributed by atoms with E-state index in [0.717, 1.165) is 17.5 Å². The molecule has 2 unspecified atom stereocenters. The van der Waals surface area contributed by atoms with Gasteiger partial charge in [0.15, 0.2) is 5.78 Å². The van der Waals surface area contributed by atoms with Gasteiger partial charge in [-0.1, -0.05) is 11.6 Å². The van der Waals surface area contributed by atoms with Gasteiger partial charge in [-0.05, 0) is 50.5 Å². The second-order valence-corrected chi connectivity index (χ2v) is 5.16. The van der Waals surface area contributed by atoms with Gasteiger partial charge in [-0.3, -0.25) is 4.79 Å². The van der Waals surface area contributed by atoms with Gasteiger partial charge in [-0.15, -0.1) is 0 Å². The Bertz CT molecular complexity index is 454. The van der Waals surface area contributed by atoms with Gasteiger partial charge in [0.2, 0.25) is 0 Å². The lowest BCUT2D eigenvalue weighted by Crippen LogP contribution is -2.22. The number of rotatable bonds is 2. The second kappa shape index (κ2) is 4.79. The molecule has 1 heterocycles. The molecule has 1 fully saturated rings. The van der Waals surface area contributed by atoms with Crippen LogP contribution in [-0.2, 0) is 4.74 Å². The molecule has 92 valence electrons. The van der Waals surface area contributed by atoms with Gasteiger partial charge in [0.05, 0.1) is 17.0 Å². The number of hydrogen-bond acceptors (Lipinski definition) is 2. The van der Waals surface area contributed by atoms with Crippen LogP contribution >= 0.6 is 11.6 Å². The van der Waals surface area contributed by atoms with Crippen LogP contribution in [0.5, 0.6) is 0 Å². The van der Waals surface area contributed by atoms with Gasteiger partial charge in [0.25, 0.3) is 0 Å². The number of Topliss-reactive ketones (excluding diaryl/α,β-unsaturated/α-hetero) is 1. The Kier molecular flexibility index (Phi) is 3.55. The first-order chi connectivity index (χ1) is 8.00. The van der Waals surface area contributed by atoms with Crippen molar-refractivity contribution in [3.05, 3.63) is 33.8 Å². The van der Waals surface area contributed by atoms with Crippen LogP contribution in [0.1, 0.15) is 34.8 Å². The Hall–Kier alpha value is -0.860. The molecule has 2 rings (SSSR count). The third kappa shape index (κ3) is 2.38. The summed E-state index contributed by atoms with van der Waals surface area (Å²) in [5.41, 5.74) is 2.85. The van der Waals surface area contributed by atoms with Gasteiger partial charge in [0.1, 0.15) is 0 Å². The van der Waals surface area contributed by atoms with Crippen LogP contribution in [0.3, 0.4) is 0 Å². The molecule has 1 aliphatic heterocycles. The molecule has 0 amide bonds. The van der Waals surface area contributed by atoms with E-state index in [-0.39, 0.29) is 17.8 Å². The lowest BCUT2D eigenvalue weighted by Gasteiger charge is -2.15. The van der Waals surface area contributed by atoms with E-state index >= 15 is 0 Å². The molecule has 0 saturated carbocycles. The molecule has 17 heavy (non-hydrogen) atoms. The largest absolute Gasteiger partial charge is 0.378 e. The van der Waals surface area contributed by atoms with E-state index in [2.05, 4.69) is 0 Å². The standard InChI is InChI=1S/C14H17ClO2/c1-8-6-12(13(15)7-9(8)2)14(16)11-4-5-17-10(11)3/h6-7,10-11H,4-5H2,1-3H3. The minimum absolute atomic E-state index is 0.000163. The summed E-state index contributed by atoms with van der Waals surface area (Å²) < 4.78 is 5.44. The van der Waals surface area contributed by atoms with Crippen molar-refractivity contribution in [1.82, 2.24) is 0 Å². The first-order valence-corrected chi connectivity index (χ1v) is 6.31. The zero-order valence-corrected chi connectivity index (χ0v) is 11.2. The van der Waals surface area contributed by atoms with Crippen LogP contribution in [0.15, 0.2) is 12.1 Å². The molecule has 0 N–H and O–H groups in total. The number of aryl methyl sites for hydroxylation is 2. The van der Waals surface area contributed by atoms with Crippen LogP contribution in [0.25, 0.3) is 0 Å². The molecule has 0 aromatic heterocycles. The molecule has 0 bridgehead atoms. The number of carbonyl (C=O) groups is 1. The Balaban J connectivity index is 2.34. The third-order valence-corrected chi connectivity index (χ3v) is 3.87. The summed E-state index contributed by atoms with van der Waals surface area (Å²) in [7, 11) is 0. The monoisotopic (exact) mass is 252 g/mol. The highest BCUT2D eigenvalue weighted by atomic mass is 35.5. The van der Waals surface area contributed by atoms with Gasteiger partial charge >= 0.3 is 0 Å². The molecule has 2 atom stereocenters. The summed E-state index contributed by atoms with van der Waals surface area (Å²) in [5, 5.41) is 0.553. The highest BCUT2D eigenvalue weighted by Gasteiger charge is 2.32. The van der Waals surface area contributed by atoms with Crippen molar-refractivity contribution in [3.8, 4) is 0 Å². The Morgan fingerprint density at radius 1 is 1.35 bits per heavy atom. The molecule has 1 aliphatic rings. The maximum Gasteiger partial charge on any atom is 0.170 e. The smallest absolute Gasteiger partial charge is 0.170 e. The Labute approximate surface area is 107 Å². The predicted octanol–water partition coefficient (Wildman–Crippen LogP) is 3.56. The molecule has 1 saturated heterocycles. The van der Waals surface area contributed by atoms with Crippen LogP contribution in [0.2, 0.25) is 5.02 Å². The molecule has 0 spiro atoms. The van der Waals surface area contributed by atoms with Crippen molar-refractivity contribution in [2.75, 3.05) is 6.61 Å². The number of ketones is 1. The lowest BCUT2D eigenvalue weighted by atomic mass is 9.91. The van der Waals surface area contributed by atoms with E-state index in [0.29, 0.717) is 17.2 Å². The fourth-order valence-corrected chi connectivity index (χ4v) is 2.56. The molecular weight excluding hydrogens is 236 g/mol. The SMILES string of the molecule is Cc1cc(Cl)c(C(=O)C2CCOC2C)cc1C. The average molecular weight is 253 g/mol. The number of carbonyl (C=O) groups excluding carboxylic acids is 1. The minimum atomic E-state index is -0.0467. The number of ether oxygens (including phenoxy) is 1. The van der Waals surface area contributed by atoms with Crippen molar-refractivity contribution in [1.29, 1.82) is 0 Å². The molecule has 1 aromatic carbocycles. The summed E-state index contributed by atoms with van der Waals surface area (Å²) in [4.78, 5) is 12.4. The van der Waals surface area contributed by atoms with E-state index in [1.165, 1.54) is 0 Å². The molecule has 1 aromatic rings. The summed E-state index contributed by atoms with van der Waals surface area (Å²) >= 11 is 6.16. The van der Waals surface area contributed by atoms with Crippen molar-refractivity contribution >= 4 is 17.4 Å². The van der Waals surface area contributed by atoms with Crippen molar-refractivity contribution in [3.63, 3.8) is 0 Å². The summed E-state index contributed by atoms with van der Waals surface area (Å²) in [6.45, 7) is 6.61. The zero-order chi connectivity index (χ0) is 12.6. The third-order valence-electron chi connectivity index (χ3n) is 3.56. The van der Waals surface area contributed by atoms with Crippen molar-refractivity contribution in [2.45, 2.75) is 33.3 Å². The van der Waals surface area contributed by atoms with E-state index < -0.39 is 0 Å². The van der Waals surface area contributed by atoms with E-state index in [9.17, 15) is 4.79 Å². The van der Waals surface area contributed by atoms with E-state index in [1.54, 1.807) is 0 Å². The molecule has 0 radical (unpaired) electrons. The predicted molar refractivity (Wildman–Crippen MR) is 68.8 cm³/mol. The number of hydrogen-bond donors (Lipinski definition) is 0. The van der Waals surface area contributed by atoms with Crippen LogP contribution in [0, 0.1) is 19.8 Å². The maximum absolute atomic E-state index is 12.4. The molecule has 3 heteroatoms. The van der Waals surface area contributed by atoms with E-state index in [4.69, 9.17) is 16.3 Å².